The number of nitrogens with zero attached hydrogens (tertiary/aromatic N) is 5. The lowest BCUT2D eigenvalue weighted by Gasteiger charge is -2.23. The average molecular weight is 408 g/mol. The molecule has 0 saturated carbocycles. The molecule has 27 heavy (non-hydrogen) atoms. The van der Waals surface area contributed by atoms with E-state index in [1.165, 1.54) is 34.4 Å². The maximum absolute atomic E-state index is 13.0. The standard InChI is InChI=1S/C15H16N6O4S2/c1-25-10-4-6-11(7-5-10)27(23,24)21-8-2-3-12(21)13(22)17-14-19-20-9-16-18-15(20)26-14/h4-7,9,12H,2-3,8H2,1H3,(H,17,19,22). The summed E-state index contributed by atoms with van der Waals surface area (Å²) >= 11 is 1.16. The number of aromatic nitrogens is 4. The molecule has 1 aliphatic heterocycles. The Balaban J connectivity index is 1.54. The zero-order chi connectivity index (χ0) is 19.0. The molecule has 142 valence electrons. The molecule has 2 aromatic heterocycles. The van der Waals surface area contributed by atoms with Crippen molar-refractivity contribution >= 4 is 37.4 Å². The van der Waals surface area contributed by atoms with Gasteiger partial charge in [0.25, 0.3) is 0 Å². The number of hydrogen-bond acceptors (Lipinski definition) is 8. The van der Waals surface area contributed by atoms with Crippen molar-refractivity contribution in [2.75, 3.05) is 19.0 Å². The van der Waals surface area contributed by atoms with Crippen LogP contribution in [0.3, 0.4) is 0 Å². The molecule has 1 fully saturated rings. The summed E-state index contributed by atoms with van der Waals surface area (Å²) in [7, 11) is -2.28. The molecule has 0 aliphatic carbocycles. The van der Waals surface area contributed by atoms with Crippen LogP contribution in [0.25, 0.3) is 4.96 Å². The molecule has 3 aromatic rings. The van der Waals surface area contributed by atoms with Gasteiger partial charge >= 0.3 is 0 Å². The molecular weight excluding hydrogens is 392 g/mol. The Morgan fingerprint density at radius 1 is 1.33 bits per heavy atom. The molecule has 1 N–H and O–H groups in total. The Hall–Kier alpha value is -2.57. The van der Waals surface area contributed by atoms with Crippen molar-refractivity contribution in [3.63, 3.8) is 0 Å². The highest BCUT2D eigenvalue weighted by Gasteiger charge is 2.39. The minimum absolute atomic E-state index is 0.127. The second-order valence-electron chi connectivity index (χ2n) is 5.90. The Morgan fingerprint density at radius 3 is 2.81 bits per heavy atom. The molecule has 12 heteroatoms. The number of carbonyl (C=O) groups is 1. The molecule has 1 saturated heterocycles. The summed E-state index contributed by atoms with van der Waals surface area (Å²) in [5.41, 5.74) is 0. The van der Waals surface area contributed by atoms with Crippen molar-refractivity contribution < 1.29 is 17.9 Å². The first-order valence-corrected chi connectivity index (χ1v) is 10.4. The zero-order valence-electron chi connectivity index (χ0n) is 14.3. The summed E-state index contributed by atoms with van der Waals surface area (Å²) < 4.78 is 33.7. The fraction of sp³-hybridized carbons (Fsp3) is 0.333. The molecule has 1 atom stereocenters. The van der Waals surface area contributed by atoms with Gasteiger partial charge in [0, 0.05) is 6.54 Å². The number of rotatable bonds is 5. The van der Waals surface area contributed by atoms with E-state index in [9.17, 15) is 13.2 Å². The maximum atomic E-state index is 13.0. The normalized spacial score (nSPS) is 18.0. The van der Waals surface area contributed by atoms with E-state index in [0.29, 0.717) is 28.7 Å². The van der Waals surface area contributed by atoms with Gasteiger partial charge in [-0.1, -0.05) is 11.3 Å². The Morgan fingerprint density at radius 2 is 2.11 bits per heavy atom. The van der Waals surface area contributed by atoms with Gasteiger partial charge in [0.1, 0.15) is 18.1 Å². The lowest BCUT2D eigenvalue weighted by Crippen LogP contribution is -2.43. The third-order valence-corrected chi connectivity index (χ3v) is 7.04. The highest BCUT2D eigenvalue weighted by Crippen LogP contribution is 2.28. The van der Waals surface area contributed by atoms with Crippen LogP contribution in [0.15, 0.2) is 35.5 Å². The van der Waals surface area contributed by atoms with E-state index in [-0.39, 0.29) is 11.4 Å². The summed E-state index contributed by atoms with van der Waals surface area (Å²) in [5, 5.41) is 14.7. The number of carbonyl (C=O) groups excluding carboxylic acids is 1. The number of nitrogens with one attached hydrogen (secondary N) is 1. The van der Waals surface area contributed by atoms with Gasteiger partial charge in [0.05, 0.1) is 12.0 Å². The Bertz CT molecular complexity index is 1050. The zero-order valence-corrected chi connectivity index (χ0v) is 15.9. The van der Waals surface area contributed by atoms with E-state index in [0.717, 1.165) is 11.3 Å². The van der Waals surface area contributed by atoms with Crippen LogP contribution in [0.1, 0.15) is 12.8 Å². The van der Waals surface area contributed by atoms with E-state index in [4.69, 9.17) is 4.74 Å². The molecule has 1 aromatic carbocycles. The summed E-state index contributed by atoms with van der Waals surface area (Å²) in [5.74, 6) is 0.155. The van der Waals surface area contributed by atoms with Crippen LogP contribution in [0.5, 0.6) is 5.75 Å². The summed E-state index contributed by atoms with van der Waals surface area (Å²) in [6.07, 6.45) is 2.49. The number of amides is 1. The number of anilines is 1. The van der Waals surface area contributed by atoms with Gasteiger partial charge in [-0.3, -0.25) is 10.1 Å². The number of sulfonamides is 1. The van der Waals surface area contributed by atoms with Crippen molar-refractivity contribution in [3.05, 3.63) is 30.6 Å². The number of methoxy groups -OCH3 is 1. The number of fused-ring (bicyclic) bond motifs is 1. The largest absolute Gasteiger partial charge is 0.497 e. The molecule has 1 unspecified atom stereocenters. The lowest BCUT2D eigenvalue weighted by atomic mass is 10.2. The van der Waals surface area contributed by atoms with Crippen LogP contribution in [-0.2, 0) is 14.8 Å². The van der Waals surface area contributed by atoms with E-state index in [1.807, 2.05) is 0 Å². The van der Waals surface area contributed by atoms with Crippen LogP contribution >= 0.6 is 11.3 Å². The first-order valence-electron chi connectivity index (χ1n) is 8.12. The Kier molecular flexibility index (Phi) is 4.53. The van der Waals surface area contributed by atoms with Gasteiger partial charge in [-0.15, -0.1) is 15.3 Å². The third-order valence-electron chi connectivity index (χ3n) is 4.29. The predicted molar refractivity (Wildman–Crippen MR) is 97.2 cm³/mol. The van der Waals surface area contributed by atoms with Crippen molar-refractivity contribution in [1.29, 1.82) is 0 Å². The molecule has 3 heterocycles. The minimum atomic E-state index is -3.79. The van der Waals surface area contributed by atoms with Crippen LogP contribution in [0.4, 0.5) is 5.13 Å². The molecular formula is C15H16N6O4S2. The van der Waals surface area contributed by atoms with Gasteiger partial charge in [-0.05, 0) is 37.1 Å². The van der Waals surface area contributed by atoms with E-state index in [1.54, 1.807) is 12.1 Å². The van der Waals surface area contributed by atoms with Crippen LogP contribution in [0.2, 0.25) is 0 Å². The van der Waals surface area contributed by atoms with E-state index in [2.05, 4.69) is 20.6 Å². The molecule has 4 rings (SSSR count). The van der Waals surface area contributed by atoms with Crippen LogP contribution in [-0.4, -0.2) is 58.1 Å². The molecule has 1 amide bonds. The maximum Gasteiger partial charge on any atom is 0.244 e. The highest BCUT2D eigenvalue weighted by atomic mass is 32.2. The second-order valence-corrected chi connectivity index (χ2v) is 8.75. The summed E-state index contributed by atoms with van der Waals surface area (Å²) in [6.45, 7) is 0.289. The first kappa shape index (κ1) is 17.8. The highest BCUT2D eigenvalue weighted by molar-refractivity contribution is 7.89. The molecule has 10 nitrogen and oxygen atoms in total. The van der Waals surface area contributed by atoms with Gasteiger partial charge in [0.2, 0.25) is 26.0 Å². The monoisotopic (exact) mass is 408 g/mol. The minimum Gasteiger partial charge on any atom is -0.497 e. The topological polar surface area (TPSA) is 119 Å². The number of hydrogen-bond donors (Lipinski definition) is 1. The predicted octanol–water partition coefficient (Wildman–Crippen LogP) is 0.986. The van der Waals surface area contributed by atoms with Gasteiger partial charge < -0.3 is 4.74 Å². The van der Waals surface area contributed by atoms with Crippen molar-refractivity contribution in [1.82, 2.24) is 24.1 Å². The quantitative estimate of drug-likeness (QED) is 0.668. The van der Waals surface area contributed by atoms with Gasteiger partial charge in [-0.2, -0.15) is 8.82 Å². The SMILES string of the molecule is COc1ccc(S(=O)(=O)N2CCCC2C(=O)Nc2nn3cnnc3s2)cc1. The van der Waals surface area contributed by atoms with Crippen LogP contribution < -0.4 is 10.1 Å². The van der Waals surface area contributed by atoms with E-state index < -0.39 is 22.0 Å². The average Bonchev–Trinajstić information content (AvgIpc) is 3.37. The summed E-state index contributed by atoms with van der Waals surface area (Å²) in [6, 6.07) is 5.33. The van der Waals surface area contributed by atoms with Crippen LogP contribution in [0, 0.1) is 0 Å². The number of benzene rings is 1. The summed E-state index contributed by atoms with van der Waals surface area (Å²) in [4.78, 5) is 13.4. The van der Waals surface area contributed by atoms with Gasteiger partial charge in [-0.25, -0.2) is 8.42 Å². The molecule has 0 radical (unpaired) electrons. The fourth-order valence-electron chi connectivity index (χ4n) is 2.97. The lowest BCUT2D eigenvalue weighted by molar-refractivity contribution is -0.119. The smallest absolute Gasteiger partial charge is 0.244 e. The third kappa shape index (κ3) is 3.26. The van der Waals surface area contributed by atoms with E-state index >= 15 is 0 Å². The fourth-order valence-corrected chi connectivity index (χ4v) is 5.35. The molecule has 1 aliphatic rings. The molecule has 0 bridgehead atoms. The van der Waals surface area contributed by atoms with Gasteiger partial charge in [0.15, 0.2) is 0 Å². The first-order chi connectivity index (χ1) is 13.0. The molecule has 0 spiro atoms. The number of ether oxygens (including phenoxy) is 1. The Labute approximate surface area is 158 Å². The second kappa shape index (κ2) is 6.87. The van der Waals surface area contributed by atoms with Crippen molar-refractivity contribution in [2.45, 2.75) is 23.8 Å². The van der Waals surface area contributed by atoms with Crippen molar-refractivity contribution in [3.8, 4) is 5.75 Å². The van der Waals surface area contributed by atoms with Crippen molar-refractivity contribution in [2.24, 2.45) is 0 Å².